The molecule has 0 heterocycles. The Balaban J connectivity index is 2.54. The highest BCUT2D eigenvalue weighted by Crippen LogP contribution is 2.25. The van der Waals surface area contributed by atoms with Crippen LogP contribution in [0.4, 0.5) is 4.39 Å². The van der Waals surface area contributed by atoms with Gasteiger partial charge in [-0.3, -0.25) is 0 Å². The van der Waals surface area contributed by atoms with Crippen LogP contribution in [0, 0.1) is 11.2 Å². The fourth-order valence-electron chi connectivity index (χ4n) is 2.32. The molecule has 0 amide bonds. The van der Waals surface area contributed by atoms with Gasteiger partial charge in [0, 0.05) is 11.1 Å². The fraction of sp³-hybridized carbons (Fsp3) is 0.625. The van der Waals surface area contributed by atoms with Gasteiger partial charge >= 0.3 is 0 Å². The summed E-state index contributed by atoms with van der Waals surface area (Å²) in [5.74, 6) is -0.210. The van der Waals surface area contributed by atoms with Crippen LogP contribution in [-0.4, -0.2) is 12.6 Å². The van der Waals surface area contributed by atoms with E-state index < -0.39 is 0 Å². The predicted octanol–water partition coefficient (Wildman–Crippen LogP) is 4.83. The molecule has 0 aliphatic heterocycles. The molecule has 0 spiro atoms. The molecule has 0 saturated heterocycles. The first kappa shape index (κ1) is 16.5. The van der Waals surface area contributed by atoms with Crippen LogP contribution in [0.3, 0.4) is 0 Å². The van der Waals surface area contributed by atoms with Gasteiger partial charge in [-0.2, -0.15) is 0 Å². The standard InChI is InChI=1S/C16H25ClFN/c1-5-19-15(16(2,3)4)8-6-7-12-11-13(18)9-10-14(12)17/h9-11,15,19H,5-8H2,1-4H3. The summed E-state index contributed by atoms with van der Waals surface area (Å²) < 4.78 is 13.2. The smallest absolute Gasteiger partial charge is 0.123 e. The first-order valence-electron chi connectivity index (χ1n) is 7.02. The highest BCUT2D eigenvalue weighted by molar-refractivity contribution is 6.31. The lowest BCUT2D eigenvalue weighted by Crippen LogP contribution is -2.40. The molecule has 1 aromatic rings. The van der Waals surface area contributed by atoms with Crippen LogP contribution in [0.15, 0.2) is 18.2 Å². The predicted molar refractivity (Wildman–Crippen MR) is 81.3 cm³/mol. The topological polar surface area (TPSA) is 12.0 Å². The van der Waals surface area contributed by atoms with Crippen LogP contribution in [0.1, 0.15) is 46.1 Å². The summed E-state index contributed by atoms with van der Waals surface area (Å²) in [6, 6.07) is 5.06. The van der Waals surface area contributed by atoms with E-state index in [1.54, 1.807) is 12.1 Å². The summed E-state index contributed by atoms with van der Waals surface area (Å²) in [7, 11) is 0. The van der Waals surface area contributed by atoms with E-state index >= 15 is 0 Å². The van der Waals surface area contributed by atoms with Crippen LogP contribution in [0.2, 0.25) is 5.02 Å². The zero-order valence-corrected chi connectivity index (χ0v) is 13.1. The molecule has 1 aromatic carbocycles. The summed E-state index contributed by atoms with van der Waals surface area (Å²) in [6.07, 6.45) is 2.91. The van der Waals surface area contributed by atoms with Gasteiger partial charge in [-0.05, 0) is 55.0 Å². The average Bonchev–Trinajstić information content (AvgIpc) is 2.31. The minimum atomic E-state index is -0.210. The maximum absolute atomic E-state index is 13.2. The molecule has 108 valence electrons. The maximum atomic E-state index is 13.2. The zero-order valence-electron chi connectivity index (χ0n) is 12.4. The summed E-state index contributed by atoms with van der Waals surface area (Å²) in [4.78, 5) is 0. The molecule has 1 nitrogen and oxygen atoms in total. The maximum Gasteiger partial charge on any atom is 0.123 e. The largest absolute Gasteiger partial charge is 0.314 e. The Morgan fingerprint density at radius 3 is 2.58 bits per heavy atom. The zero-order chi connectivity index (χ0) is 14.5. The first-order chi connectivity index (χ1) is 8.84. The Morgan fingerprint density at radius 2 is 2.00 bits per heavy atom. The minimum absolute atomic E-state index is 0.210. The van der Waals surface area contributed by atoms with E-state index in [-0.39, 0.29) is 11.2 Å². The van der Waals surface area contributed by atoms with E-state index in [0.717, 1.165) is 31.4 Å². The second-order valence-corrected chi connectivity index (χ2v) is 6.51. The molecule has 0 aromatic heterocycles. The third kappa shape index (κ3) is 5.50. The van der Waals surface area contributed by atoms with Gasteiger partial charge in [0.25, 0.3) is 0 Å². The Bertz CT molecular complexity index is 398. The number of benzene rings is 1. The van der Waals surface area contributed by atoms with Crippen molar-refractivity contribution in [2.45, 2.75) is 53.0 Å². The Kier molecular flexibility index (Phi) is 6.28. The SMILES string of the molecule is CCNC(CCCc1cc(F)ccc1Cl)C(C)(C)C. The number of aryl methyl sites for hydroxylation is 1. The van der Waals surface area contributed by atoms with E-state index in [9.17, 15) is 4.39 Å². The molecule has 1 unspecified atom stereocenters. The molecule has 1 atom stereocenters. The lowest BCUT2D eigenvalue weighted by molar-refractivity contribution is 0.254. The summed E-state index contributed by atoms with van der Waals surface area (Å²) >= 11 is 6.08. The molecule has 0 bridgehead atoms. The van der Waals surface area contributed by atoms with Crippen molar-refractivity contribution in [2.75, 3.05) is 6.54 Å². The van der Waals surface area contributed by atoms with Crippen LogP contribution in [0.5, 0.6) is 0 Å². The van der Waals surface area contributed by atoms with E-state index in [1.165, 1.54) is 6.07 Å². The van der Waals surface area contributed by atoms with Crippen molar-refractivity contribution in [1.29, 1.82) is 0 Å². The number of nitrogens with one attached hydrogen (secondary N) is 1. The minimum Gasteiger partial charge on any atom is -0.314 e. The average molecular weight is 286 g/mol. The van der Waals surface area contributed by atoms with Crippen LogP contribution >= 0.6 is 11.6 Å². The van der Waals surface area contributed by atoms with E-state index in [0.29, 0.717) is 11.1 Å². The molecular formula is C16H25ClFN. The Morgan fingerprint density at radius 1 is 1.32 bits per heavy atom. The lowest BCUT2D eigenvalue weighted by atomic mass is 9.83. The number of rotatable bonds is 6. The van der Waals surface area contributed by atoms with Crippen LogP contribution in [-0.2, 0) is 6.42 Å². The highest BCUT2D eigenvalue weighted by atomic mass is 35.5. The molecular weight excluding hydrogens is 261 g/mol. The summed E-state index contributed by atoms with van der Waals surface area (Å²) in [6.45, 7) is 9.84. The highest BCUT2D eigenvalue weighted by Gasteiger charge is 2.22. The Labute approximate surface area is 121 Å². The monoisotopic (exact) mass is 285 g/mol. The van der Waals surface area contributed by atoms with Crippen LogP contribution < -0.4 is 5.32 Å². The molecule has 0 radical (unpaired) electrons. The summed E-state index contributed by atoms with van der Waals surface area (Å²) in [5, 5.41) is 4.19. The van der Waals surface area contributed by atoms with E-state index in [4.69, 9.17) is 11.6 Å². The molecule has 0 aliphatic carbocycles. The van der Waals surface area contributed by atoms with Crippen molar-refractivity contribution in [3.63, 3.8) is 0 Å². The third-order valence-corrected chi connectivity index (χ3v) is 3.81. The van der Waals surface area contributed by atoms with Crippen molar-refractivity contribution in [1.82, 2.24) is 5.32 Å². The van der Waals surface area contributed by atoms with Gasteiger partial charge in [0.2, 0.25) is 0 Å². The second-order valence-electron chi connectivity index (χ2n) is 6.10. The van der Waals surface area contributed by atoms with Crippen molar-refractivity contribution in [3.05, 3.63) is 34.6 Å². The second kappa shape index (κ2) is 7.25. The van der Waals surface area contributed by atoms with Gasteiger partial charge in [-0.25, -0.2) is 4.39 Å². The van der Waals surface area contributed by atoms with Gasteiger partial charge in [-0.1, -0.05) is 39.3 Å². The number of hydrogen-bond acceptors (Lipinski definition) is 1. The molecule has 0 saturated carbocycles. The molecule has 19 heavy (non-hydrogen) atoms. The van der Waals surface area contributed by atoms with Gasteiger partial charge in [0.05, 0.1) is 0 Å². The first-order valence-corrected chi connectivity index (χ1v) is 7.39. The fourth-order valence-corrected chi connectivity index (χ4v) is 2.53. The molecule has 0 aliphatic rings. The quantitative estimate of drug-likeness (QED) is 0.790. The van der Waals surface area contributed by atoms with Crippen molar-refractivity contribution in [3.8, 4) is 0 Å². The number of halogens is 2. The van der Waals surface area contributed by atoms with Crippen LogP contribution in [0.25, 0.3) is 0 Å². The summed E-state index contributed by atoms with van der Waals surface area (Å²) in [5.41, 5.74) is 1.15. The third-order valence-electron chi connectivity index (χ3n) is 3.44. The molecule has 3 heteroatoms. The van der Waals surface area contributed by atoms with Gasteiger partial charge < -0.3 is 5.32 Å². The van der Waals surface area contributed by atoms with Crippen molar-refractivity contribution >= 4 is 11.6 Å². The molecule has 0 fully saturated rings. The lowest BCUT2D eigenvalue weighted by Gasteiger charge is -2.31. The molecule has 1 N–H and O–H groups in total. The van der Waals surface area contributed by atoms with Crippen molar-refractivity contribution < 1.29 is 4.39 Å². The van der Waals surface area contributed by atoms with Crippen molar-refractivity contribution in [2.24, 2.45) is 5.41 Å². The molecule has 1 rings (SSSR count). The van der Waals surface area contributed by atoms with E-state index in [1.807, 2.05) is 0 Å². The Hall–Kier alpha value is -0.600. The number of hydrogen-bond donors (Lipinski definition) is 1. The van der Waals surface area contributed by atoms with Gasteiger partial charge in [0.15, 0.2) is 0 Å². The normalized spacial score (nSPS) is 13.6. The van der Waals surface area contributed by atoms with Gasteiger partial charge in [-0.15, -0.1) is 0 Å². The van der Waals surface area contributed by atoms with Gasteiger partial charge in [0.1, 0.15) is 5.82 Å². The van der Waals surface area contributed by atoms with E-state index in [2.05, 4.69) is 33.0 Å².